The van der Waals surface area contributed by atoms with E-state index in [-0.39, 0.29) is 35.3 Å². The summed E-state index contributed by atoms with van der Waals surface area (Å²) in [4.78, 5) is 7.89. The average Bonchev–Trinajstić information content (AvgIpc) is 3.00. The molecule has 0 bridgehead atoms. The minimum Gasteiger partial charge on any atom is -0.394 e. The molecule has 0 radical (unpaired) electrons. The van der Waals surface area contributed by atoms with Crippen LogP contribution in [0.3, 0.4) is 0 Å². The number of hydrogen-bond donors (Lipinski definition) is 6. The highest BCUT2D eigenvalue weighted by atomic mass is 35.5. The number of hydrogen-bond acceptors (Lipinski definition) is 9. The van der Waals surface area contributed by atoms with Crippen molar-refractivity contribution in [1.82, 2.24) is 14.5 Å². The molecule has 0 aromatic carbocycles. The van der Waals surface area contributed by atoms with Gasteiger partial charge in [0.1, 0.15) is 24.6 Å². The molecule has 0 spiro atoms. The summed E-state index contributed by atoms with van der Waals surface area (Å²) in [5.74, 6) is 5.84. The van der Waals surface area contributed by atoms with Gasteiger partial charge in [-0.15, -0.1) is 17.1 Å². The Labute approximate surface area is 130 Å². The highest BCUT2D eigenvalue weighted by molar-refractivity contribution is 5.85. The third-order valence-corrected chi connectivity index (χ3v) is 3.51. The molecule has 1 fully saturated rings. The van der Waals surface area contributed by atoms with E-state index >= 15 is 0 Å². The van der Waals surface area contributed by atoms with E-state index in [0.29, 0.717) is 0 Å². The highest BCUT2D eigenvalue weighted by Gasteiger charge is 2.45. The van der Waals surface area contributed by atoms with Gasteiger partial charge in [-0.25, -0.2) is 9.55 Å². The largest absolute Gasteiger partial charge is 0.394 e. The molecule has 1 saturated heterocycles. The maximum Gasteiger partial charge on any atom is 0.368 e. The second-order valence-electron chi connectivity index (χ2n) is 4.78. The van der Waals surface area contributed by atoms with Crippen molar-refractivity contribution in [3.8, 4) is 0 Å². The number of aliphatic hydroxyl groups is 3. The van der Waals surface area contributed by atoms with Gasteiger partial charge in [-0.1, -0.05) is 4.98 Å². The van der Waals surface area contributed by atoms with Crippen LogP contribution in [0.25, 0.3) is 11.2 Å². The van der Waals surface area contributed by atoms with Crippen LogP contribution in [0, 0.1) is 0 Å². The lowest BCUT2D eigenvalue weighted by Crippen LogP contribution is -2.50. The summed E-state index contributed by atoms with van der Waals surface area (Å²) in [6.07, 6.45) is -3.06. The van der Waals surface area contributed by atoms with E-state index in [1.54, 1.807) is 0 Å². The molecule has 0 aliphatic carbocycles. The predicted octanol–water partition coefficient (Wildman–Crippen LogP) is -3.37. The second kappa shape index (κ2) is 5.70. The van der Waals surface area contributed by atoms with Crippen LogP contribution in [-0.2, 0) is 4.74 Å². The normalized spacial score (nSPS) is 28.0. The Kier molecular flexibility index (Phi) is 4.26. The number of aromatic nitrogens is 4. The molecule has 12 heteroatoms. The van der Waals surface area contributed by atoms with Crippen LogP contribution >= 0.6 is 12.4 Å². The van der Waals surface area contributed by atoms with Gasteiger partial charge in [-0.3, -0.25) is 5.84 Å². The van der Waals surface area contributed by atoms with Gasteiger partial charge < -0.3 is 31.5 Å². The summed E-state index contributed by atoms with van der Waals surface area (Å²) >= 11 is 0. The Balaban J connectivity index is 0.00000176. The molecule has 22 heavy (non-hydrogen) atoms. The van der Waals surface area contributed by atoms with E-state index < -0.39 is 31.1 Å². The van der Waals surface area contributed by atoms with Crippen molar-refractivity contribution >= 4 is 35.3 Å². The number of fused-ring (bicyclic) bond motifs is 1. The molecule has 2 aromatic heterocycles. The van der Waals surface area contributed by atoms with E-state index in [4.69, 9.17) is 27.2 Å². The van der Waals surface area contributed by atoms with Gasteiger partial charge in [0.05, 0.1) is 6.61 Å². The zero-order valence-electron chi connectivity index (χ0n) is 11.3. The van der Waals surface area contributed by atoms with Crippen molar-refractivity contribution in [2.45, 2.75) is 24.5 Å². The quantitative estimate of drug-likeness (QED) is 0.241. The van der Waals surface area contributed by atoms with Gasteiger partial charge in [-0.05, 0) is 0 Å². The van der Waals surface area contributed by atoms with Crippen molar-refractivity contribution < 1.29 is 24.7 Å². The number of nitrogens with two attached hydrogens (primary N) is 3. The molecule has 1 aliphatic heterocycles. The van der Waals surface area contributed by atoms with E-state index in [1.807, 2.05) is 0 Å². The van der Waals surface area contributed by atoms with Crippen LogP contribution in [0.1, 0.15) is 6.23 Å². The second-order valence-corrected chi connectivity index (χ2v) is 4.78. The van der Waals surface area contributed by atoms with E-state index in [9.17, 15) is 10.2 Å². The number of anilines is 2. The maximum atomic E-state index is 10.1. The number of aliphatic hydroxyl groups excluding tert-OH is 3. The minimum atomic E-state index is -1.27. The Hall–Kier alpha value is -1.92. The Morgan fingerprint density at radius 1 is 1.32 bits per heavy atom. The number of nitrogens with zero attached hydrogens (tertiary/aromatic N) is 4. The topological polar surface area (TPSA) is 183 Å². The van der Waals surface area contributed by atoms with Crippen molar-refractivity contribution in [3.63, 3.8) is 0 Å². The first-order valence-corrected chi connectivity index (χ1v) is 6.16. The molecule has 3 rings (SSSR count). The molecule has 4 atom stereocenters. The van der Waals surface area contributed by atoms with Gasteiger partial charge >= 0.3 is 5.95 Å². The first kappa shape index (κ1) is 16.5. The first-order chi connectivity index (χ1) is 9.95. The number of nitrogen functional groups attached to an aromatic ring is 3. The molecule has 0 amide bonds. The zero-order chi connectivity index (χ0) is 15.3. The Morgan fingerprint density at radius 3 is 2.59 bits per heavy atom. The number of halogens is 1. The molecule has 0 unspecified atom stereocenters. The van der Waals surface area contributed by atoms with Gasteiger partial charge in [-0.2, -0.15) is 0 Å². The lowest BCUT2D eigenvalue weighted by Gasteiger charge is -2.14. The summed E-state index contributed by atoms with van der Waals surface area (Å²) in [5.41, 5.74) is 11.9. The van der Waals surface area contributed by atoms with Crippen LogP contribution in [-0.4, -0.2) is 54.8 Å². The van der Waals surface area contributed by atoms with E-state index in [1.165, 1.54) is 10.9 Å². The molecular formula is C10H17ClN7O4+. The molecule has 122 valence electrons. The average molecular weight is 335 g/mol. The smallest absolute Gasteiger partial charge is 0.368 e. The van der Waals surface area contributed by atoms with Crippen molar-refractivity contribution in [1.29, 1.82) is 0 Å². The molecule has 3 heterocycles. The van der Waals surface area contributed by atoms with Gasteiger partial charge in [0.2, 0.25) is 5.82 Å². The van der Waals surface area contributed by atoms with E-state index in [0.717, 1.165) is 4.68 Å². The van der Waals surface area contributed by atoms with Crippen LogP contribution < -0.4 is 22.0 Å². The standard InChI is InChI=1S/C10H15N7O4.ClH/c11-7-4-8(17(13)10(12)15-7)16(2-14-4)9-6(20)5(19)3(1-18)21-9;/h2-3,5-6,9,18-20H,1,13H2,(H3,11,12,15);1H/p+1/t3-,5-,6-,9-;/m1./s1. The maximum absolute atomic E-state index is 10.1. The van der Waals surface area contributed by atoms with Crippen molar-refractivity contribution in [2.24, 2.45) is 0 Å². The van der Waals surface area contributed by atoms with Crippen molar-refractivity contribution in [2.75, 3.05) is 23.9 Å². The third kappa shape index (κ3) is 2.19. The summed E-state index contributed by atoms with van der Waals surface area (Å²) in [6, 6.07) is 0. The summed E-state index contributed by atoms with van der Waals surface area (Å²) in [7, 11) is 0. The van der Waals surface area contributed by atoms with Gasteiger partial charge in [0, 0.05) is 0 Å². The molecule has 11 nitrogen and oxygen atoms in total. The fourth-order valence-electron chi connectivity index (χ4n) is 2.41. The fourth-order valence-corrected chi connectivity index (χ4v) is 2.41. The minimum absolute atomic E-state index is 0. The van der Waals surface area contributed by atoms with Crippen LogP contribution in [0.2, 0.25) is 0 Å². The summed E-state index contributed by atoms with van der Waals surface area (Å²) in [6.45, 7) is -0.435. The lowest BCUT2D eigenvalue weighted by molar-refractivity contribution is -0.602. The van der Waals surface area contributed by atoms with Crippen LogP contribution in [0.4, 0.5) is 11.8 Å². The highest BCUT2D eigenvalue weighted by Crippen LogP contribution is 2.31. The lowest BCUT2D eigenvalue weighted by atomic mass is 10.1. The Morgan fingerprint density at radius 2 is 2.00 bits per heavy atom. The summed E-state index contributed by atoms with van der Waals surface area (Å²) in [5, 5.41) is 29.0. The van der Waals surface area contributed by atoms with Gasteiger partial charge in [0.25, 0.3) is 5.65 Å². The fraction of sp³-hybridized carbons (Fsp3) is 0.500. The number of ether oxygens (including phenoxy) is 1. The van der Waals surface area contributed by atoms with E-state index in [2.05, 4.69) is 9.97 Å². The summed E-state index contributed by atoms with van der Waals surface area (Å²) < 4.78 is 7.86. The molecule has 1 aliphatic rings. The first-order valence-electron chi connectivity index (χ1n) is 6.16. The molecule has 0 saturated carbocycles. The molecule has 9 N–H and O–H groups in total. The number of rotatable bonds is 2. The van der Waals surface area contributed by atoms with Crippen LogP contribution in [0.15, 0.2) is 6.33 Å². The van der Waals surface area contributed by atoms with Crippen LogP contribution in [0.5, 0.6) is 0 Å². The third-order valence-electron chi connectivity index (χ3n) is 3.51. The molecule has 2 aromatic rings. The zero-order valence-corrected chi connectivity index (χ0v) is 12.1. The van der Waals surface area contributed by atoms with Gasteiger partial charge in [0.15, 0.2) is 11.7 Å². The SMILES string of the molecule is Cl.Nc1nc(N)[n+](N)c2c1ncn2[C@@H]1O[C@H](CO)[C@@H](O)[C@H]1O. The number of imidazole rings is 1. The van der Waals surface area contributed by atoms with Crippen molar-refractivity contribution in [3.05, 3.63) is 6.33 Å². The Bertz CT molecular complexity index is 695. The molecular weight excluding hydrogens is 318 g/mol. The monoisotopic (exact) mass is 334 g/mol. The predicted molar refractivity (Wildman–Crippen MR) is 77.0 cm³/mol.